The van der Waals surface area contributed by atoms with Crippen molar-refractivity contribution in [1.29, 1.82) is 5.26 Å². The third-order valence-corrected chi connectivity index (χ3v) is 2.67. The highest BCUT2D eigenvalue weighted by Crippen LogP contribution is 2.12. The van der Waals surface area contributed by atoms with Gasteiger partial charge in [-0.1, -0.05) is 0 Å². The van der Waals surface area contributed by atoms with Crippen LogP contribution in [-0.4, -0.2) is 39.0 Å². The van der Waals surface area contributed by atoms with Crippen LogP contribution in [0.4, 0.5) is 0 Å². The summed E-state index contributed by atoms with van der Waals surface area (Å²) in [5, 5.41) is 12.0. The van der Waals surface area contributed by atoms with Crippen molar-refractivity contribution in [2.24, 2.45) is 0 Å². The van der Waals surface area contributed by atoms with Gasteiger partial charge in [-0.2, -0.15) is 5.26 Å². The van der Waals surface area contributed by atoms with Gasteiger partial charge in [0.25, 0.3) is 0 Å². The van der Waals surface area contributed by atoms with Gasteiger partial charge < -0.3 is 14.8 Å². The van der Waals surface area contributed by atoms with Crippen LogP contribution in [-0.2, 0) is 9.47 Å². The molecule has 0 amide bonds. The van der Waals surface area contributed by atoms with Gasteiger partial charge in [-0.3, -0.25) is 0 Å². The summed E-state index contributed by atoms with van der Waals surface area (Å²) in [4.78, 5) is 0. The molecule has 0 aromatic carbocycles. The monoisotopic (exact) mass is 228 g/mol. The van der Waals surface area contributed by atoms with Crippen LogP contribution >= 0.6 is 0 Å². The van der Waals surface area contributed by atoms with Crippen LogP contribution in [0.15, 0.2) is 0 Å². The zero-order valence-corrected chi connectivity index (χ0v) is 10.9. The number of hydrogen-bond acceptors (Lipinski definition) is 4. The Hall–Kier alpha value is -0.630. The molecule has 1 N–H and O–H groups in total. The minimum absolute atomic E-state index is 0.150. The average Bonchev–Trinajstić information content (AvgIpc) is 2.28. The van der Waals surface area contributed by atoms with Crippen LogP contribution in [0.1, 0.15) is 33.1 Å². The maximum absolute atomic E-state index is 8.94. The number of unbranched alkanes of at least 4 members (excludes halogenated alkanes) is 1. The van der Waals surface area contributed by atoms with Gasteiger partial charge in [0.15, 0.2) is 0 Å². The number of nitriles is 1. The number of methoxy groups -OCH3 is 1. The Labute approximate surface area is 98.9 Å². The first kappa shape index (κ1) is 15.4. The number of rotatable bonds is 9. The fraction of sp³-hybridized carbons (Fsp3) is 0.917. The van der Waals surface area contributed by atoms with E-state index < -0.39 is 5.54 Å². The van der Waals surface area contributed by atoms with Crippen LogP contribution in [0.2, 0.25) is 0 Å². The first-order valence-electron chi connectivity index (χ1n) is 5.78. The van der Waals surface area contributed by atoms with Crippen molar-refractivity contribution in [2.75, 3.05) is 27.4 Å². The van der Waals surface area contributed by atoms with Crippen molar-refractivity contribution in [3.8, 4) is 6.07 Å². The van der Waals surface area contributed by atoms with E-state index in [-0.39, 0.29) is 6.10 Å². The second-order valence-corrected chi connectivity index (χ2v) is 4.29. The Morgan fingerprint density at radius 3 is 2.62 bits per heavy atom. The first-order chi connectivity index (χ1) is 7.58. The van der Waals surface area contributed by atoms with E-state index in [1.807, 2.05) is 20.9 Å². The topological polar surface area (TPSA) is 54.3 Å². The number of nitrogens with one attached hydrogen (secondary N) is 1. The molecule has 0 radical (unpaired) electrons. The zero-order chi connectivity index (χ0) is 12.4. The lowest BCUT2D eigenvalue weighted by Crippen LogP contribution is -2.37. The molecule has 0 heterocycles. The predicted molar refractivity (Wildman–Crippen MR) is 64.2 cm³/mol. The lowest BCUT2D eigenvalue weighted by molar-refractivity contribution is 0.00739. The van der Waals surface area contributed by atoms with E-state index in [0.717, 1.165) is 25.9 Å². The first-order valence-corrected chi connectivity index (χ1v) is 5.78. The Morgan fingerprint density at radius 1 is 1.44 bits per heavy atom. The standard InChI is InChI=1S/C12H24N2O2/c1-11(9-15-4)16-8-6-5-7-12(2,10-13)14-3/h11,14H,5-9H2,1-4H3. The molecular formula is C12H24N2O2. The summed E-state index contributed by atoms with van der Waals surface area (Å²) < 4.78 is 10.5. The van der Waals surface area contributed by atoms with E-state index in [9.17, 15) is 0 Å². The van der Waals surface area contributed by atoms with Crippen LogP contribution in [0.5, 0.6) is 0 Å². The Kier molecular flexibility index (Phi) is 8.18. The fourth-order valence-corrected chi connectivity index (χ4v) is 1.38. The van der Waals surface area contributed by atoms with Gasteiger partial charge in [-0.15, -0.1) is 0 Å². The molecule has 94 valence electrons. The molecule has 0 aliphatic rings. The summed E-state index contributed by atoms with van der Waals surface area (Å²) in [7, 11) is 3.49. The highest BCUT2D eigenvalue weighted by Gasteiger charge is 2.19. The van der Waals surface area contributed by atoms with Crippen molar-refractivity contribution < 1.29 is 9.47 Å². The van der Waals surface area contributed by atoms with Gasteiger partial charge in [-0.05, 0) is 40.2 Å². The molecule has 2 atom stereocenters. The Balaban J connectivity index is 3.50. The van der Waals surface area contributed by atoms with Gasteiger partial charge >= 0.3 is 0 Å². The largest absolute Gasteiger partial charge is 0.382 e. The molecule has 0 saturated carbocycles. The van der Waals surface area contributed by atoms with E-state index in [1.165, 1.54) is 0 Å². The molecule has 16 heavy (non-hydrogen) atoms. The second-order valence-electron chi connectivity index (χ2n) is 4.29. The van der Waals surface area contributed by atoms with E-state index in [0.29, 0.717) is 6.61 Å². The lowest BCUT2D eigenvalue weighted by Gasteiger charge is -2.20. The highest BCUT2D eigenvalue weighted by molar-refractivity contribution is 5.02. The third-order valence-electron chi connectivity index (χ3n) is 2.67. The third kappa shape index (κ3) is 6.78. The number of nitrogens with zero attached hydrogens (tertiary/aromatic N) is 1. The smallest absolute Gasteiger partial charge is 0.103 e. The minimum atomic E-state index is -0.405. The van der Waals surface area contributed by atoms with Crippen molar-refractivity contribution in [3.63, 3.8) is 0 Å². The molecule has 2 unspecified atom stereocenters. The summed E-state index contributed by atoms with van der Waals surface area (Å²) in [6, 6.07) is 2.28. The summed E-state index contributed by atoms with van der Waals surface area (Å²) >= 11 is 0. The lowest BCUT2D eigenvalue weighted by atomic mass is 9.97. The van der Waals surface area contributed by atoms with Gasteiger partial charge in [0.1, 0.15) is 5.54 Å². The van der Waals surface area contributed by atoms with Gasteiger partial charge in [0.2, 0.25) is 0 Å². The average molecular weight is 228 g/mol. The molecule has 0 rings (SSSR count). The number of hydrogen-bond donors (Lipinski definition) is 1. The molecule has 0 aliphatic carbocycles. The van der Waals surface area contributed by atoms with Crippen molar-refractivity contribution in [2.45, 2.75) is 44.8 Å². The molecular weight excluding hydrogens is 204 g/mol. The molecule has 0 fully saturated rings. The van der Waals surface area contributed by atoms with Gasteiger partial charge in [0, 0.05) is 13.7 Å². The summed E-state index contributed by atoms with van der Waals surface area (Å²) in [5.41, 5.74) is -0.405. The normalized spacial score (nSPS) is 16.4. The molecule has 0 aromatic rings. The Morgan fingerprint density at radius 2 is 2.12 bits per heavy atom. The van der Waals surface area contributed by atoms with Crippen molar-refractivity contribution in [3.05, 3.63) is 0 Å². The molecule has 0 saturated heterocycles. The molecule has 0 bridgehead atoms. The fourth-order valence-electron chi connectivity index (χ4n) is 1.38. The summed E-state index contributed by atoms with van der Waals surface area (Å²) in [6.45, 7) is 5.28. The number of ether oxygens (including phenoxy) is 2. The molecule has 0 spiro atoms. The molecule has 0 aromatic heterocycles. The van der Waals surface area contributed by atoms with E-state index in [1.54, 1.807) is 7.11 Å². The van der Waals surface area contributed by atoms with Crippen LogP contribution in [0.3, 0.4) is 0 Å². The predicted octanol–water partition coefficient (Wildman–Crippen LogP) is 1.71. The Bertz CT molecular complexity index is 216. The zero-order valence-electron chi connectivity index (χ0n) is 10.9. The van der Waals surface area contributed by atoms with Crippen molar-refractivity contribution >= 4 is 0 Å². The minimum Gasteiger partial charge on any atom is -0.382 e. The molecule has 0 aliphatic heterocycles. The quantitative estimate of drug-likeness (QED) is 0.610. The molecule has 4 heteroatoms. The maximum atomic E-state index is 8.94. The SMILES string of the molecule is CNC(C)(C#N)CCCCOC(C)COC. The van der Waals surface area contributed by atoms with Gasteiger partial charge in [0.05, 0.1) is 18.8 Å². The van der Waals surface area contributed by atoms with Crippen molar-refractivity contribution in [1.82, 2.24) is 5.32 Å². The van der Waals surface area contributed by atoms with E-state index in [4.69, 9.17) is 14.7 Å². The molecule has 4 nitrogen and oxygen atoms in total. The highest BCUT2D eigenvalue weighted by atomic mass is 16.5. The second kappa shape index (κ2) is 8.51. The van der Waals surface area contributed by atoms with Crippen LogP contribution in [0.25, 0.3) is 0 Å². The van der Waals surface area contributed by atoms with Crippen LogP contribution in [0, 0.1) is 11.3 Å². The van der Waals surface area contributed by atoms with Gasteiger partial charge in [-0.25, -0.2) is 0 Å². The summed E-state index contributed by atoms with van der Waals surface area (Å²) in [5.74, 6) is 0. The maximum Gasteiger partial charge on any atom is 0.103 e. The van der Waals surface area contributed by atoms with E-state index >= 15 is 0 Å². The van der Waals surface area contributed by atoms with Crippen LogP contribution < -0.4 is 5.32 Å². The summed E-state index contributed by atoms with van der Waals surface area (Å²) in [6.07, 6.45) is 2.97. The van der Waals surface area contributed by atoms with E-state index in [2.05, 4.69) is 11.4 Å².